The van der Waals surface area contributed by atoms with E-state index in [1.54, 1.807) is 0 Å². The predicted molar refractivity (Wildman–Crippen MR) is 109 cm³/mol. The Bertz CT molecular complexity index is 925. The van der Waals surface area contributed by atoms with Crippen molar-refractivity contribution in [3.8, 4) is 11.4 Å². The van der Waals surface area contributed by atoms with Crippen molar-refractivity contribution < 1.29 is 4.79 Å². The zero-order valence-corrected chi connectivity index (χ0v) is 17.0. The van der Waals surface area contributed by atoms with Gasteiger partial charge in [-0.2, -0.15) is 0 Å². The summed E-state index contributed by atoms with van der Waals surface area (Å²) in [5.41, 5.74) is 2.97. The minimum atomic E-state index is -0.0790. The van der Waals surface area contributed by atoms with Crippen molar-refractivity contribution in [2.24, 2.45) is 0 Å². The Morgan fingerprint density at radius 3 is 2.73 bits per heavy atom. The topological polar surface area (TPSA) is 59.8 Å². The summed E-state index contributed by atoms with van der Waals surface area (Å²) in [6.45, 7) is 4.84. The lowest BCUT2D eigenvalue weighted by molar-refractivity contribution is -0.113. The minimum Gasteiger partial charge on any atom is -0.324 e. The Kier molecular flexibility index (Phi) is 6.11. The van der Waals surface area contributed by atoms with Crippen molar-refractivity contribution >= 4 is 39.3 Å². The lowest BCUT2D eigenvalue weighted by Crippen LogP contribution is -2.15. The first-order valence-corrected chi connectivity index (χ1v) is 10.0. The Morgan fingerprint density at radius 2 is 2.00 bits per heavy atom. The van der Waals surface area contributed by atoms with E-state index in [-0.39, 0.29) is 11.7 Å². The van der Waals surface area contributed by atoms with Crippen LogP contribution in [0.2, 0.25) is 0 Å². The van der Waals surface area contributed by atoms with E-state index in [9.17, 15) is 4.79 Å². The number of benzene rings is 2. The maximum absolute atomic E-state index is 12.2. The molecule has 0 atom stereocenters. The monoisotopic (exact) mass is 430 g/mol. The summed E-state index contributed by atoms with van der Waals surface area (Å²) in [6, 6.07) is 15.7. The van der Waals surface area contributed by atoms with Crippen LogP contribution in [0.25, 0.3) is 11.4 Å². The molecule has 5 nitrogen and oxygen atoms in total. The number of anilines is 1. The summed E-state index contributed by atoms with van der Waals surface area (Å²) in [7, 11) is 0. The van der Waals surface area contributed by atoms with Gasteiger partial charge in [-0.1, -0.05) is 47.7 Å². The summed E-state index contributed by atoms with van der Waals surface area (Å²) in [5, 5.41) is 12.2. The molecule has 0 saturated heterocycles. The molecule has 1 heterocycles. The summed E-state index contributed by atoms with van der Waals surface area (Å²) in [5.74, 6) is 1.02. The van der Waals surface area contributed by atoms with E-state index in [1.165, 1.54) is 17.3 Å². The number of para-hydroxylation sites is 1. The molecule has 1 amide bonds. The zero-order chi connectivity index (χ0) is 18.5. The van der Waals surface area contributed by atoms with Crippen LogP contribution in [0.1, 0.15) is 12.5 Å². The number of aryl methyl sites for hydroxylation is 1. The number of thioether (sulfide) groups is 1. The van der Waals surface area contributed by atoms with Gasteiger partial charge in [-0.25, -0.2) is 0 Å². The molecule has 2 aromatic carbocycles. The van der Waals surface area contributed by atoms with Gasteiger partial charge >= 0.3 is 0 Å². The van der Waals surface area contributed by atoms with Gasteiger partial charge in [0.15, 0.2) is 11.0 Å². The first-order valence-electron chi connectivity index (χ1n) is 8.26. The maximum Gasteiger partial charge on any atom is 0.234 e. The number of nitrogens with zero attached hydrogens (tertiary/aromatic N) is 3. The fourth-order valence-electron chi connectivity index (χ4n) is 2.56. The second kappa shape index (κ2) is 8.51. The average molecular weight is 431 g/mol. The van der Waals surface area contributed by atoms with E-state index in [0.717, 1.165) is 33.2 Å². The third-order valence-electron chi connectivity index (χ3n) is 3.79. The highest BCUT2D eigenvalue weighted by atomic mass is 79.9. The van der Waals surface area contributed by atoms with Crippen molar-refractivity contribution in [2.75, 3.05) is 11.1 Å². The Balaban J connectivity index is 1.71. The number of amides is 1. The van der Waals surface area contributed by atoms with E-state index >= 15 is 0 Å². The molecule has 0 fully saturated rings. The van der Waals surface area contributed by atoms with Crippen molar-refractivity contribution in [3.63, 3.8) is 0 Å². The van der Waals surface area contributed by atoms with Crippen molar-refractivity contribution in [3.05, 3.63) is 58.6 Å². The van der Waals surface area contributed by atoms with E-state index in [1.807, 2.05) is 47.9 Å². The van der Waals surface area contributed by atoms with Crippen molar-refractivity contribution in [1.29, 1.82) is 0 Å². The number of hydrogen-bond acceptors (Lipinski definition) is 4. The Morgan fingerprint density at radius 1 is 1.19 bits per heavy atom. The normalized spacial score (nSPS) is 10.7. The standard InChI is InChI=1S/C19H19BrN4OS/c1-3-24-18(14-8-6-7-13(2)11-14)22-23-19(24)26-12-17(25)21-16-10-5-4-9-15(16)20/h4-11H,3,12H2,1-2H3,(H,21,25). The van der Waals surface area contributed by atoms with E-state index in [2.05, 4.69) is 50.5 Å². The van der Waals surface area contributed by atoms with Gasteiger partial charge in [-0.15, -0.1) is 10.2 Å². The third-order valence-corrected chi connectivity index (χ3v) is 5.45. The second-order valence-corrected chi connectivity index (χ2v) is 7.53. The van der Waals surface area contributed by atoms with Crippen LogP contribution in [-0.4, -0.2) is 26.4 Å². The van der Waals surface area contributed by atoms with Crippen LogP contribution in [0.4, 0.5) is 5.69 Å². The van der Waals surface area contributed by atoms with Gasteiger partial charge in [0.05, 0.1) is 11.4 Å². The van der Waals surface area contributed by atoms with Crippen LogP contribution < -0.4 is 5.32 Å². The number of aromatic nitrogens is 3. The van der Waals surface area contributed by atoms with Crippen molar-refractivity contribution in [1.82, 2.24) is 14.8 Å². The molecule has 7 heteroatoms. The first kappa shape index (κ1) is 18.7. The summed E-state index contributed by atoms with van der Waals surface area (Å²) < 4.78 is 2.89. The van der Waals surface area contributed by atoms with E-state index in [0.29, 0.717) is 0 Å². The summed E-state index contributed by atoms with van der Waals surface area (Å²) in [6.07, 6.45) is 0. The molecular formula is C19H19BrN4OS. The van der Waals surface area contributed by atoms with Crippen LogP contribution in [0.5, 0.6) is 0 Å². The average Bonchev–Trinajstić information content (AvgIpc) is 3.05. The number of carbonyl (C=O) groups excluding carboxylic acids is 1. The van der Waals surface area contributed by atoms with Gasteiger partial charge < -0.3 is 9.88 Å². The number of nitrogens with one attached hydrogen (secondary N) is 1. The molecule has 134 valence electrons. The molecule has 0 aliphatic carbocycles. The molecule has 0 radical (unpaired) electrons. The zero-order valence-electron chi connectivity index (χ0n) is 14.6. The fraction of sp³-hybridized carbons (Fsp3) is 0.211. The van der Waals surface area contributed by atoms with Crippen LogP contribution in [0.15, 0.2) is 58.2 Å². The smallest absolute Gasteiger partial charge is 0.234 e. The Labute approximate surface area is 165 Å². The molecular weight excluding hydrogens is 412 g/mol. The lowest BCUT2D eigenvalue weighted by atomic mass is 10.1. The Hall–Kier alpha value is -2.12. The molecule has 0 aliphatic rings. The molecule has 3 rings (SSSR count). The lowest BCUT2D eigenvalue weighted by Gasteiger charge is -2.09. The van der Waals surface area contributed by atoms with Crippen LogP contribution in [0, 0.1) is 6.92 Å². The number of rotatable bonds is 6. The molecule has 3 aromatic rings. The van der Waals surface area contributed by atoms with Gasteiger partial charge in [-0.3, -0.25) is 4.79 Å². The number of halogens is 1. The van der Waals surface area contributed by atoms with E-state index < -0.39 is 0 Å². The predicted octanol–water partition coefficient (Wildman–Crippen LogP) is 4.77. The fourth-order valence-corrected chi connectivity index (χ4v) is 3.74. The van der Waals surface area contributed by atoms with Crippen LogP contribution >= 0.6 is 27.7 Å². The third kappa shape index (κ3) is 4.34. The van der Waals surface area contributed by atoms with Gasteiger partial charge in [0.1, 0.15) is 0 Å². The van der Waals surface area contributed by atoms with Gasteiger partial charge in [-0.05, 0) is 48.0 Å². The van der Waals surface area contributed by atoms with Gasteiger partial charge in [0, 0.05) is 16.6 Å². The molecule has 0 aliphatic heterocycles. The number of carbonyl (C=O) groups is 1. The molecule has 0 saturated carbocycles. The highest BCUT2D eigenvalue weighted by Gasteiger charge is 2.15. The molecule has 0 unspecified atom stereocenters. The SMILES string of the molecule is CCn1c(SCC(=O)Nc2ccccc2Br)nnc1-c1cccc(C)c1. The summed E-state index contributed by atoms with van der Waals surface area (Å²) >= 11 is 4.82. The van der Waals surface area contributed by atoms with Crippen molar-refractivity contribution in [2.45, 2.75) is 25.5 Å². The first-order chi connectivity index (χ1) is 12.6. The molecule has 26 heavy (non-hydrogen) atoms. The molecule has 1 aromatic heterocycles. The molecule has 1 N–H and O–H groups in total. The quantitative estimate of drug-likeness (QED) is 0.572. The highest BCUT2D eigenvalue weighted by Crippen LogP contribution is 2.25. The number of hydrogen-bond donors (Lipinski definition) is 1. The van der Waals surface area contributed by atoms with Crippen LogP contribution in [-0.2, 0) is 11.3 Å². The van der Waals surface area contributed by atoms with Gasteiger partial charge in [0.2, 0.25) is 5.91 Å². The van der Waals surface area contributed by atoms with E-state index in [4.69, 9.17) is 0 Å². The minimum absolute atomic E-state index is 0.0790. The second-order valence-electron chi connectivity index (χ2n) is 5.74. The maximum atomic E-state index is 12.2. The summed E-state index contributed by atoms with van der Waals surface area (Å²) in [4.78, 5) is 12.2. The molecule has 0 spiro atoms. The van der Waals surface area contributed by atoms with Crippen LogP contribution in [0.3, 0.4) is 0 Å². The van der Waals surface area contributed by atoms with Gasteiger partial charge in [0.25, 0.3) is 0 Å². The largest absolute Gasteiger partial charge is 0.324 e. The molecule has 0 bridgehead atoms. The highest BCUT2D eigenvalue weighted by molar-refractivity contribution is 9.10.